The number of rotatable bonds is 4. The van der Waals surface area contributed by atoms with Crippen LogP contribution in [-0.4, -0.2) is 34.4 Å². The van der Waals surface area contributed by atoms with Crippen LogP contribution in [0.1, 0.15) is 17.2 Å². The zero-order valence-electron chi connectivity index (χ0n) is 13.9. The van der Waals surface area contributed by atoms with Crippen molar-refractivity contribution in [3.8, 4) is 5.69 Å². The molecule has 1 atom stereocenters. The zero-order valence-corrected chi connectivity index (χ0v) is 14.6. The summed E-state index contributed by atoms with van der Waals surface area (Å²) in [7, 11) is 0. The Balaban J connectivity index is 1.45. The van der Waals surface area contributed by atoms with Gasteiger partial charge >= 0.3 is 0 Å². The molecule has 4 nitrogen and oxygen atoms in total. The highest BCUT2D eigenvalue weighted by Crippen LogP contribution is 2.25. The van der Waals surface area contributed by atoms with Gasteiger partial charge in [-0.3, -0.25) is 4.90 Å². The highest BCUT2D eigenvalue weighted by Gasteiger charge is 2.22. The average Bonchev–Trinajstić information content (AvgIpc) is 3.18. The van der Waals surface area contributed by atoms with Crippen molar-refractivity contribution in [1.82, 2.24) is 14.7 Å². The van der Waals surface area contributed by atoms with Crippen LogP contribution >= 0.6 is 11.6 Å². The quantitative estimate of drug-likeness (QED) is 0.707. The Morgan fingerprint density at radius 1 is 1.12 bits per heavy atom. The number of morpholine rings is 1. The van der Waals surface area contributed by atoms with Crippen molar-refractivity contribution >= 4 is 11.6 Å². The molecule has 1 aliphatic heterocycles. The molecular formula is C20H20ClN3O. The molecule has 128 valence electrons. The smallest absolute Gasteiger partial charge is 0.0952 e. The lowest BCUT2D eigenvalue weighted by Crippen LogP contribution is -2.37. The Bertz CT molecular complexity index is 817. The maximum Gasteiger partial charge on any atom is 0.0952 e. The molecule has 0 aliphatic carbocycles. The molecule has 4 rings (SSSR count). The summed E-state index contributed by atoms with van der Waals surface area (Å²) < 4.78 is 7.84. The van der Waals surface area contributed by atoms with E-state index < -0.39 is 0 Å². The van der Waals surface area contributed by atoms with Gasteiger partial charge in [0.1, 0.15) is 0 Å². The fourth-order valence-electron chi connectivity index (χ4n) is 3.20. The minimum Gasteiger partial charge on any atom is -0.371 e. The van der Waals surface area contributed by atoms with Gasteiger partial charge in [0, 0.05) is 37.1 Å². The third-order valence-electron chi connectivity index (χ3n) is 4.48. The topological polar surface area (TPSA) is 30.3 Å². The summed E-state index contributed by atoms with van der Waals surface area (Å²) in [6.45, 7) is 3.47. The first-order valence-corrected chi connectivity index (χ1v) is 8.84. The van der Waals surface area contributed by atoms with Crippen LogP contribution in [0, 0.1) is 0 Å². The molecule has 0 amide bonds. The van der Waals surface area contributed by atoms with Crippen molar-refractivity contribution in [1.29, 1.82) is 0 Å². The van der Waals surface area contributed by atoms with Crippen molar-refractivity contribution in [3.63, 3.8) is 0 Å². The molecule has 1 aromatic heterocycles. The van der Waals surface area contributed by atoms with Crippen LogP contribution in [0.3, 0.4) is 0 Å². The Morgan fingerprint density at radius 3 is 2.80 bits per heavy atom. The number of halogens is 1. The second-order valence-electron chi connectivity index (χ2n) is 6.27. The lowest BCUT2D eigenvalue weighted by molar-refractivity contribution is -0.0329. The van der Waals surface area contributed by atoms with E-state index in [4.69, 9.17) is 16.3 Å². The normalized spacial score (nSPS) is 18.4. The molecule has 2 aromatic carbocycles. The molecule has 1 aliphatic rings. The first-order chi connectivity index (χ1) is 12.3. The van der Waals surface area contributed by atoms with E-state index in [0.29, 0.717) is 0 Å². The SMILES string of the molecule is Clc1ccc(C2CN(Cc3cccc(-n4cccn4)c3)CCO2)cc1. The van der Waals surface area contributed by atoms with E-state index in [-0.39, 0.29) is 6.10 Å². The van der Waals surface area contributed by atoms with E-state index in [1.54, 1.807) is 6.20 Å². The molecule has 1 fully saturated rings. The molecule has 2 heterocycles. The fraction of sp³-hybridized carbons (Fsp3) is 0.250. The van der Waals surface area contributed by atoms with Gasteiger partial charge in [0.15, 0.2) is 0 Å². The minimum absolute atomic E-state index is 0.0975. The van der Waals surface area contributed by atoms with E-state index in [9.17, 15) is 0 Å². The van der Waals surface area contributed by atoms with Crippen molar-refractivity contribution in [2.45, 2.75) is 12.6 Å². The Hall–Kier alpha value is -2.14. The third-order valence-corrected chi connectivity index (χ3v) is 4.73. The Kier molecular flexibility index (Phi) is 4.83. The molecule has 0 spiro atoms. The average molecular weight is 354 g/mol. The molecule has 1 unspecified atom stereocenters. The van der Waals surface area contributed by atoms with Gasteiger partial charge in [-0.05, 0) is 41.5 Å². The number of ether oxygens (including phenoxy) is 1. The number of nitrogens with zero attached hydrogens (tertiary/aromatic N) is 3. The van der Waals surface area contributed by atoms with Gasteiger partial charge in [-0.25, -0.2) is 4.68 Å². The summed E-state index contributed by atoms with van der Waals surface area (Å²) in [6.07, 6.45) is 3.86. The van der Waals surface area contributed by atoms with Gasteiger partial charge in [0.05, 0.1) is 18.4 Å². The highest BCUT2D eigenvalue weighted by atomic mass is 35.5. The van der Waals surface area contributed by atoms with Gasteiger partial charge in [-0.15, -0.1) is 0 Å². The first kappa shape index (κ1) is 16.3. The van der Waals surface area contributed by atoms with Crippen molar-refractivity contribution < 1.29 is 4.74 Å². The zero-order chi connectivity index (χ0) is 17.1. The van der Waals surface area contributed by atoms with E-state index in [1.165, 1.54) is 11.1 Å². The first-order valence-electron chi connectivity index (χ1n) is 8.46. The summed E-state index contributed by atoms with van der Waals surface area (Å²) in [5, 5.41) is 5.06. The number of benzene rings is 2. The lowest BCUT2D eigenvalue weighted by Gasteiger charge is -2.33. The molecule has 25 heavy (non-hydrogen) atoms. The highest BCUT2D eigenvalue weighted by molar-refractivity contribution is 6.30. The van der Waals surface area contributed by atoms with E-state index in [1.807, 2.05) is 29.1 Å². The van der Waals surface area contributed by atoms with Crippen LogP contribution in [0.15, 0.2) is 67.0 Å². The number of aromatic nitrogens is 2. The molecular weight excluding hydrogens is 334 g/mol. The van der Waals surface area contributed by atoms with Crippen LogP contribution in [-0.2, 0) is 11.3 Å². The number of hydrogen-bond donors (Lipinski definition) is 0. The maximum atomic E-state index is 5.99. The second kappa shape index (κ2) is 7.40. The fourth-order valence-corrected chi connectivity index (χ4v) is 3.33. The van der Waals surface area contributed by atoms with Crippen molar-refractivity contribution in [2.75, 3.05) is 19.7 Å². The molecule has 0 bridgehead atoms. The van der Waals surface area contributed by atoms with E-state index in [2.05, 4.69) is 46.4 Å². The molecule has 0 N–H and O–H groups in total. The lowest BCUT2D eigenvalue weighted by atomic mass is 10.1. The van der Waals surface area contributed by atoms with Crippen LogP contribution in [0.25, 0.3) is 5.69 Å². The maximum absolute atomic E-state index is 5.99. The molecule has 3 aromatic rings. The Morgan fingerprint density at radius 2 is 2.00 bits per heavy atom. The largest absolute Gasteiger partial charge is 0.371 e. The monoisotopic (exact) mass is 353 g/mol. The van der Waals surface area contributed by atoms with E-state index >= 15 is 0 Å². The summed E-state index contributed by atoms with van der Waals surface area (Å²) in [5.41, 5.74) is 3.55. The summed E-state index contributed by atoms with van der Waals surface area (Å²) >= 11 is 5.99. The molecule has 1 saturated heterocycles. The molecule has 5 heteroatoms. The summed E-state index contributed by atoms with van der Waals surface area (Å²) in [6, 6.07) is 18.4. The van der Waals surface area contributed by atoms with Gasteiger partial charge < -0.3 is 4.74 Å². The van der Waals surface area contributed by atoms with Crippen molar-refractivity contribution in [2.24, 2.45) is 0 Å². The Labute approximate surface area is 152 Å². The van der Waals surface area contributed by atoms with Crippen molar-refractivity contribution in [3.05, 3.63) is 83.1 Å². The predicted octanol–water partition coefficient (Wildman–Crippen LogP) is 4.10. The third kappa shape index (κ3) is 3.93. The predicted molar refractivity (Wildman–Crippen MR) is 99.0 cm³/mol. The van der Waals surface area contributed by atoms with Crippen LogP contribution in [0.2, 0.25) is 5.02 Å². The summed E-state index contributed by atoms with van der Waals surface area (Å²) in [4.78, 5) is 2.44. The summed E-state index contributed by atoms with van der Waals surface area (Å²) in [5.74, 6) is 0. The standard InChI is InChI=1S/C20H20ClN3O/c21-18-7-5-17(6-8-18)20-15-23(11-12-25-20)14-16-3-1-4-19(13-16)24-10-2-9-22-24/h1-10,13,20H,11-12,14-15H2. The van der Waals surface area contributed by atoms with Gasteiger partial charge in [0.25, 0.3) is 0 Å². The van der Waals surface area contributed by atoms with Crippen LogP contribution in [0.5, 0.6) is 0 Å². The molecule has 0 radical (unpaired) electrons. The molecule has 0 saturated carbocycles. The van der Waals surface area contributed by atoms with Crippen LogP contribution in [0.4, 0.5) is 0 Å². The second-order valence-corrected chi connectivity index (χ2v) is 6.70. The number of hydrogen-bond acceptors (Lipinski definition) is 3. The van der Waals surface area contributed by atoms with E-state index in [0.717, 1.165) is 37.0 Å². The van der Waals surface area contributed by atoms with Gasteiger partial charge in [0.2, 0.25) is 0 Å². The van der Waals surface area contributed by atoms with Crippen LogP contribution < -0.4 is 0 Å². The van der Waals surface area contributed by atoms with Gasteiger partial charge in [-0.1, -0.05) is 35.9 Å². The minimum atomic E-state index is 0.0975. The van der Waals surface area contributed by atoms with Gasteiger partial charge in [-0.2, -0.15) is 5.10 Å².